The zero-order valence-electron chi connectivity index (χ0n) is 20.0. The molecule has 3 heterocycles. The molecule has 12 nitrogen and oxygen atoms in total. The number of methoxy groups -OCH3 is 2. The number of amides is 4. The topological polar surface area (TPSA) is 143 Å². The van der Waals surface area contributed by atoms with Gasteiger partial charge in [0.15, 0.2) is 0 Å². The third-order valence-corrected chi connectivity index (χ3v) is 6.35. The van der Waals surface area contributed by atoms with Crippen LogP contribution in [0.15, 0.2) is 42.9 Å². The highest BCUT2D eigenvalue weighted by Gasteiger charge is 2.48. The number of urea groups is 1. The molecule has 2 saturated heterocycles. The predicted octanol–water partition coefficient (Wildman–Crippen LogP) is 1.05. The van der Waals surface area contributed by atoms with Gasteiger partial charge in [0.25, 0.3) is 5.91 Å². The molecule has 0 spiro atoms. The average Bonchev–Trinajstić information content (AvgIpc) is 3.55. The maximum Gasteiger partial charge on any atom is 0.328 e. The highest BCUT2D eigenvalue weighted by molar-refractivity contribution is 5.98. The number of esters is 1. The third kappa shape index (κ3) is 5.21. The number of carbonyl (C=O) groups excluding carboxylic acids is 4. The monoisotopic (exact) mass is 496 g/mol. The number of ether oxygens (including phenoxy) is 2. The summed E-state index contributed by atoms with van der Waals surface area (Å²) in [6, 6.07) is 3.86. The molecule has 190 valence electrons. The van der Waals surface area contributed by atoms with Gasteiger partial charge in [-0.2, -0.15) is 0 Å². The zero-order chi connectivity index (χ0) is 25.7. The van der Waals surface area contributed by atoms with Gasteiger partial charge in [-0.05, 0) is 31.4 Å². The molecule has 0 radical (unpaired) electrons. The number of rotatable bonds is 6. The first-order chi connectivity index (χ1) is 17.4. The molecule has 0 saturated carbocycles. The van der Waals surface area contributed by atoms with E-state index in [1.807, 2.05) is 0 Å². The molecular formula is C24H28N6O6. The van der Waals surface area contributed by atoms with Gasteiger partial charge >= 0.3 is 12.0 Å². The normalized spacial score (nSPS) is 21.1. The molecule has 0 unspecified atom stereocenters. The van der Waals surface area contributed by atoms with Gasteiger partial charge in [0.1, 0.15) is 23.5 Å². The SMILES string of the molecule is COC(=O)[C@H]1CCCN1C(=O)[C@@H]1[C@H](NC(=O)Nc2cccc(OC)c2)CCN1C(=O)c1cnccn1. The van der Waals surface area contributed by atoms with E-state index in [4.69, 9.17) is 9.47 Å². The van der Waals surface area contributed by atoms with E-state index in [0.29, 0.717) is 37.2 Å². The molecule has 2 aliphatic rings. The third-order valence-electron chi connectivity index (χ3n) is 6.35. The molecule has 0 aliphatic carbocycles. The number of nitrogens with one attached hydrogen (secondary N) is 2. The van der Waals surface area contributed by atoms with Crippen molar-refractivity contribution in [1.29, 1.82) is 0 Å². The summed E-state index contributed by atoms with van der Waals surface area (Å²) in [5.41, 5.74) is 0.591. The van der Waals surface area contributed by atoms with Crippen LogP contribution in [0.25, 0.3) is 0 Å². The van der Waals surface area contributed by atoms with Gasteiger partial charge in [0, 0.05) is 37.2 Å². The molecular weight excluding hydrogens is 468 g/mol. The number of hydrogen-bond donors (Lipinski definition) is 2. The first-order valence-corrected chi connectivity index (χ1v) is 11.6. The second kappa shape index (κ2) is 11.0. The van der Waals surface area contributed by atoms with Crippen molar-refractivity contribution in [2.75, 3.05) is 32.6 Å². The van der Waals surface area contributed by atoms with Crippen LogP contribution in [-0.4, -0.2) is 89.0 Å². The van der Waals surface area contributed by atoms with Crippen molar-refractivity contribution in [2.24, 2.45) is 0 Å². The molecule has 1 aromatic heterocycles. The fourth-order valence-electron chi connectivity index (χ4n) is 4.65. The summed E-state index contributed by atoms with van der Waals surface area (Å²) in [5, 5.41) is 5.56. The van der Waals surface area contributed by atoms with Crippen molar-refractivity contribution in [3.8, 4) is 5.75 Å². The smallest absolute Gasteiger partial charge is 0.328 e. The number of nitrogens with zero attached hydrogens (tertiary/aromatic N) is 4. The van der Waals surface area contributed by atoms with E-state index in [1.165, 1.54) is 42.6 Å². The number of likely N-dealkylation sites (tertiary alicyclic amines) is 2. The van der Waals surface area contributed by atoms with Gasteiger partial charge < -0.3 is 29.9 Å². The molecule has 0 bridgehead atoms. The Labute approximate surface area is 208 Å². The number of anilines is 1. The molecule has 2 aromatic rings. The Bertz CT molecular complexity index is 1130. The van der Waals surface area contributed by atoms with E-state index >= 15 is 0 Å². The van der Waals surface area contributed by atoms with Crippen molar-refractivity contribution in [3.05, 3.63) is 48.5 Å². The van der Waals surface area contributed by atoms with E-state index in [1.54, 1.807) is 24.3 Å². The van der Waals surface area contributed by atoms with Crippen LogP contribution < -0.4 is 15.4 Å². The largest absolute Gasteiger partial charge is 0.497 e. The molecule has 1 aromatic carbocycles. The molecule has 2 fully saturated rings. The van der Waals surface area contributed by atoms with Gasteiger partial charge in [0.2, 0.25) is 5.91 Å². The van der Waals surface area contributed by atoms with E-state index in [0.717, 1.165) is 0 Å². The minimum absolute atomic E-state index is 0.0859. The van der Waals surface area contributed by atoms with Crippen LogP contribution in [0.2, 0.25) is 0 Å². The molecule has 2 N–H and O–H groups in total. The first kappa shape index (κ1) is 24.9. The Kier molecular flexibility index (Phi) is 7.62. The van der Waals surface area contributed by atoms with Crippen LogP contribution in [0.1, 0.15) is 29.8 Å². The quantitative estimate of drug-likeness (QED) is 0.565. The zero-order valence-corrected chi connectivity index (χ0v) is 20.0. The lowest BCUT2D eigenvalue weighted by molar-refractivity contribution is -0.152. The maximum absolute atomic E-state index is 13.8. The fourth-order valence-corrected chi connectivity index (χ4v) is 4.65. The molecule has 36 heavy (non-hydrogen) atoms. The van der Waals surface area contributed by atoms with E-state index < -0.39 is 41.9 Å². The van der Waals surface area contributed by atoms with Gasteiger partial charge in [-0.15, -0.1) is 0 Å². The van der Waals surface area contributed by atoms with Crippen molar-refractivity contribution < 1.29 is 28.7 Å². The lowest BCUT2D eigenvalue weighted by atomic mass is 10.1. The highest BCUT2D eigenvalue weighted by atomic mass is 16.5. The fraction of sp³-hybridized carbons (Fsp3) is 0.417. The van der Waals surface area contributed by atoms with Crippen molar-refractivity contribution in [3.63, 3.8) is 0 Å². The summed E-state index contributed by atoms with van der Waals surface area (Å²) in [6.07, 6.45) is 5.60. The lowest BCUT2D eigenvalue weighted by Gasteiger charge is -2.32. The highest BCUT2D eigenvalue weighted by Crippen LogP contribution is 2.27. The Balaban J connectivity index is 1.56. The van der Waals surface area contributed by atoms with Crippen molar-refractivity contribution in [1.82, 2.24) is 25.1 Å². The molecule has 4 amide bonds. The van der Waals surface area contributed by atoms with Gasteiger partial charge in [-0.25, -0.2) is 14.6 Å². The molecule has 4 rings (SSSR count). The molecule has 2 aliphatic heterocycles. The lowest BCUT2D eigenvalue weighted by Crippen LogP contribution is -2.57. The van der Waals surface area contributed by atoms with Crippen LogP contribution in [0.4, 0.5) is 10.5 Å². The average molecular weight is 497 g/mol. The first-order valence-electron chi connectivity index (χ1n) is 11.6. The maximum atomic E-state index is 13.8. The minimum Gasteiger partial charge on any atom is -0.497 e. The summed E-state index contributed by atoms with van der Waals surface area (Å²) < 4.78 is 10.1. The van der Waals surface area contributed by atoms with Crippen LogP contribution in [0.5, 0.6) is 5.75 Å². The van der Waals surface area contributed by atoms with Gasteiger partial charge in [-0.3, -0.25) is 14.6 Å². The van der Waals surface area contributed by atoms with Crippen molar-refractivity contribution >= 4 is 29.5 Å². The van der Waals surface area contributed by atoms with Crippen LogP contribution >= 0.6 is 0 Å². The number of aromatic nitrogens is 2. The minimum atomic E-state index is -1.03. The predicted molar refractivity (Wildman–Crippen MR) is 127 cm³/mol. The van der Waals surface area contributed by atoms with E-state index in [9.17, 15) is 19.2 Å². The van der Waals surface area contributed by atoms with Crippen LogP contribution in [0.3, 0.4) is 0 Å². The number of hydrogen-bond acceptors (Lipinski definition) is 8. The van der Waals surface area contributed by atoms with E-state index in [-0.39, 0.29) is 12.2 Å². The number of carbonyl (C=O) groups is 4. The second-order valence-electron chi connectivity index (χ2n) is 8.47. The van der Waals surface area contributed by atoms with Crippen LogP contribution in [-0.2, 0) is 14.3 Å². The summed E-state index contributed by atoms with van der Waals surface area (Å²) in [6.45, 7) is 0.567. The van der Waals surface area contributed by atoms with Crippen molar-refractivity contribution in [2.45, 2.75) is 37.4 Å². The molecule has 12 heteroatoms. The van der Waals surface area contributed by atoms with Gasteiger partial charge in [0.05, 0.1) is 26.5 Å². The summed E-state index contributed by atoms with van der Waals surface area (Å²) in [4.78, 5) is 63.0. The Morgan fingerprint density at radius 1 is 1.06 bits per heavy atom. The summed E-state index contributed by atoms with van der Waals surface area (Å²) in [5.74, 6) is -0.839. The standard InChI is InChI=1S/C24H28N6O6/c1-35-16-6-3-5-15(13-16)27-24(34)28-17-8-12-30(21(31)18-14-25-9-10-26-18)20(17)22(32)29-11-4-7-19(29)23(33)36-2/h3,5-6,9-10,13-14,17,19-20H,4,7-8,11-12H2,1-2H3,(H2,27,28,34)/t17-,19-,20+/m1/s1. The summed E-state index contributed by atoms with van der Waals surface area (Å²) in [7, 11) is 2.80. The Morgan fingerprint density at radius 2 is 1.89 bits per heavy atom. The second-order valence-corrected chi connectivity index (χ2v) is 8.47. The Morgan fingerprint density at radius 3 is 2.61 bits per heavy atom. The summed E-state index contributed by atoms with van der Waals surface area (Å²) >= 11 is 0. The van der Waals surface area contributed by atoms with E-state index in [2.05, 4.69) is 20.6 Å². The number of benzene rings is 1. The van der Waals surface area contributed by atoms with Gasteiger partial charge in [-0.1, -0.05) is 6.07 Å². The Hall–Kier alpha value is -4.22. The van der Waals surface area contributed by atoms with Crippen LogP contribution in [0, 0.1) is 0 Å². The molecule has 3 atom stereocenters.